The number of hydrogen-bond donors (Lipinski definition) is 2. The van der Waals surface area contributed by atoms with E-state index in [0.29, 0.717) is 30.3 Å². The smallest absolute Gasteiger partial charge is 0.433 e. The lowest BCUT2D eigenvalue weighted by atomic mass is 9.92. The number of alkyl halides is 3. The molecule has 0 atom stereocenters. The Bertz CT molecular complexity index is 1510. The van der Waals surface area contributed by atoms with Gasteiger partial charge in [-0.3, -0.25) is 9.69 Å². The molecule has 2 saturated heterocycles. The number of likely N-dealkylation sites (tertiary alicyclic amines) is 2. The van der Waals surface area contributed by atoms with Crippen LogP contribution >= 0.6 is 0 Å². The predicted molar refractivity (Wildman–Crippen MR) is 153 cm³/mol. The molecule has 13 heteroatoms. The molecule has 5 rings (SSSR count). The lowest BCUT2D eigenvalue weighted by Gasteiger charge is -2.47. The van der Waals surface area contributed by atoms with Crippen molar-refractivity contribution in [1.82, 2.24) is 24.2 Å². The number of rotatable bonds is 5. The molecular weight excluding hydrogens is 565 g/mol. The highest BCUT2D eigenvalue weighted by atomic mass is 19.4. The predicted octanol–water partition coefficient (Wildman–Crippen LogP) is 5.03. The second-order valence-electron chi connectivity index (χ2n) is 12.8. The summed E-state index contributed by atoms with van der Waals surface area (Å²) in [6, 6.07) is 5.11. The molecule has 0 spiro atoms. The van der Waals surface area contributed by atoms with Gasteiger partial charge < -0.3 is 24.5 Å². The first-order valence-electron chi connectivity index (χ1n) is 14.3. The second kappa shape index (κ2) is 11.1. The summed E-state index contributed by atoms with van der Waals surface area (Å²) >= 11 is 0. The molecular formula is C30H37F3N6O4. The van der Waals surface area contributed by atoms with Crippen molar-refractivity contribution in [3.05, 3.63) is 59.3 Å². The molecule has 2 fully saturated rings. The molecule has 232 valence electrons. The van der Waals surface area contributed by atoms with Crippen molar-refractivity contribution in [2.75, 3.05) is 31.5 Å². The van der Waals surface area contributed by atoms with Gasteiger partial charge in [0.2, 0.25) is 0 Å². The van der Waals surface area contributed by atoms with Gasteiger partial charge in [0.05, 0.1) is 17.0 Å². The van der Waals surface area contributed by atoms with Crippen LogP contribution in [0.3, 0.4) is 0 Å². The van der Waals surface area contributed by atoms with Crippen LogP contribution in [0.4, 0.5) is 23.7 Å². The minimum absolute atomic E-state index is 0.205. The topological polar surface area (TPSA) is 112 Å². The van der Waals surface area contributed by atoms with E-state index in [1.54, 1.807) is 35.4 Å². The van der Waals surface area contributed by atoms with E-state index in [1.807, 2.05) is 27.0 Å². The number of hydrogen-bond acceptors (Lipinski definition) is 7. The lowest BCUT2D eigenvalue weighted by Crippen LogP contribution is -2.62. The maximum Gasteiger partial charge on any atom is 0.433 e. The highest BCUT2D eigenvalue weighted by Crippen LogP contribution is 2.34. The minimum Gasteiger partial charge on any atom is -0.444 e. The van der Waals surface area contributed by atoms with Gasteiger partial charge >= 0.3 is 12.3 Å². The number of carbonyl (C=O) groups is 2. The average Bonchev–Trinajstić information content (AvgIpc) is 3.29. The number of fused-ring (bicyclic) bond motifs is 1. The quantitative estimate of drug-likeness (QED) is 0.422. The van der Waals surface area contributed by atoms with Crippen LogP contribution in [-0.4, -0.2) is 79.1 Å². The van der Waals surface area contributed by atoms with Gasteiger partial charge in [-0.15, -0.1) is 0 Å². The molecule has 2 aliphatic rings. The van der Waals surface area contributed by atoms with Crippen LogP contribution in [0.2, 0.25) is 0 Å². The van der Waals surface area contributed by atoms with Crippen molar-refractivity contribution in [3.63, 3.8) is 0 Å². The number of halogens is 3. The first kappa shape index (κ1) is 30.7. The molecule has 2 N–H and O–H groups in total. The van der Waals surface area contributed by atoms with Gasteiger partial charge in [0.1, 0.15) is 22.6 Å². The highest BCUT2D eigenvalue weighted by molar-refractivity contribution is 6.03. The number of carbonyl (C=O) groups excluding carboxylic acids is 2. The zero-order valence-electron chi connectivity index (χ0n) is 24.9. The van der Waals surface area contributed by atoms with Gasteiger partial charge in [0.25, 0.3) is 5.91 Å². The van der Waals surface area contributed by atoms with Crippen molar-refractivity contribution in [2.24, 2.45) is 0 Å². The number of nitrogens with zero attached hydrogens (tertiary/aromatic N) is 5. The summed E-state index contributed by atoms with van der Waals surface area (Å²) in [4.78, 5) is 37.6. The Balaban J connectivity index is 1.27. The molecule has 0 unspecified atom stereocenters. The van der Waals surface area contributed by atoms with Crippen molar-refractivity contribution >= 4 is 23.3 Å². The normalized spacial score (nSPS) is 17.7. The van der Waals surface area contributed by atoms with E-state index in [0.717, 1.165) is 43.8 Å². The van der Waals surface area contributed by atoms with Crippen molar-refractivity contribution < 1.29 is 32.6 Å². The minimum atomic E-state index is -4.69. The Labute approximate surface area is 247 Å². The fourth-order valence-electron chi connectivity index (χ4n) is 5.48. The van der Waals surface area contributed by atoms with E-state index in [2.05, 4.69) is 15.2 Å². The Morgan fingerprint density at radius 2 is 1.70 bits per heavy atom. The third-order valence-electron chi connectivity index (χ3n) is 7.77. The maximum atomic E-state index is 13.1. The molecule has 0 radical (unpaired) electrons. The number of ether oxygens (including phenoxy) is 1. The molecule has 3 aromatic rings. The van der Waals surface area contributed by atoms with Crippen LogP contribution in [0.1, 0.15) is 80.8 Å². The monoisotopic (exact) mass is 602 g/mol. The van der Waals surface area contributed by atoms with Crippen LogP contribution in [0.5, 0.6) is 0 Å². The van der Waals surface area contributed by atoms with Crippen LogP contribution in [-0.2, 0) is 16.5 Å². The molecule has 0 saturated carbocycles. The fourth-order valence-corrected chi connectivity index (χ4v) is 5.48. The Morgan fingerprint density at radius 1 is 1.02 bits per heavy atom. The van der Waals surface area contributed by atoms with E-state index < -0.39 is 34.7 Å². The van der Waals surface area contributed by atoms with Gasteiger partial charge in [-0.25, -0.2) is 14.8 Å². The molecule has 10 nitrogen and oxygen atoms in total. The molecule has 3 aromatic heterocycles. The van der Waals surface area contributed by atoms with Crippen LogP contribution in [0.15, 0.2) is 36.7 Å². The summed E-state index contributed by atoms with van der Waals surface area (Å²) in [5, 5.41) is 13.5. The molecule has 0 aromatic carbocycles. The SMILES string of the molecule is CC(C)(C)OC(=O)N1CC(N2CCC(c3cn4cc(NC(=O)c5cccc(C(F)(F)F)n5)c(C(C)(C)O)cc4n3)CC2)C1. The van der Waals surface area contributed by atoms with E-state index in [1.165, 1.54) is 6.07 Å². The number of piperidine rings is 1. The lowest BCUT2D eigenvalue weighted by molar-refractivity contribution is -0.141. The fraction of sp³-hybridized carbons (Fsp3) is 0.533. The number of imidazole rings is 1. The first-order chi connectivity index (χ1) is 20.0. The van der Waals surface area contributed by atoms with Gasteiger partial charge in [-0.2, -0.15) is 13.2 Å². The number of anilines is 1. The summed E-state index contributed by atoms with van der Waals surface area (Å²) in [6.07, 6.45) is 0.297. The van der Waals surface area contributed by atoms with E-state index in [-0.39, 0.29) is 17.7 Å². The number of nitrogens with one attached hydrogen (secondary N) is 1. The Kier molecular flexibility index (Phi) is 7.93. The molecule has 5 heterocycles. The molecule has 43 heavy (non-hydrogen) atoms. The summed E-state index contributed by atoms with van der Waals surface area (Å²) in [7, 11) is 0. The zero-order chi connectivity index (χ0) is 31.3. The number of amides is 2. The third kappa shape index (κ3) is 6.93. The van der Waals surface area contributed by atoms with Gasteiger partial charge in [0, 0.05) is 43.0 Å². The molecule has 0 aliphatic carbocycles. The molecule has 2 aliphatic heterocycles. The number of pyridine rings is 2. The number of aliphatic hydroxyl groups is 1. The largest absolute Gasteiger partial charge is 0.444 e. The van der Waals surface area contributed by atoms with Crippen molar-refractivity contribution in [2.45, 2.75) is 76.8 Å². The molecule has 0 bridgehead atoms. The summed E-state index contributed by atoms with van der Waals surface area (Å²) in [5.74, 6) is -0.624. The zero-order valence-corrected chi connectivity index (χ0v) is 24.9. The Morgan fingerprint density at radius 3 is 2.30 bits per heavy atom. The summed E-state index contributed by atoms with van der Waals surface area (Å²) < 4.78 is 46.6. The first-order valence-corrected chi connectivity index (χ1v) is 14.3. The Hall–Kier alpha value is -3.71. The standard InChI is InChI=1S/C30H37F3N6O4/c1-28(2,3)43-27(41)39-14-19(15-39)37-11-9-18(10-12-37)22-16-38-17-23(20(29(4,5)42)13-25(38)35-22)36-26(40)21-7-6-8-24(34-21)30(31,32)33/h6-8,13,16-19,42H,9-12,14-15H2,1-5H3,(H,36,40). The maximum absolute atomic E-state index is 13.1. The van der Waals surface area contributed by atoms with Crippen LogP contribution in [0, 0.1) is 0 Å². The second-order valence-corrected chi connectivity index (χ2v) is 12.8. The molecule has 2 amide bonds. The van der Waals surface area contributed by atoms with Crippen LogP contribution in [0.25, 0.3) is 5.65 Å². The van der Waals surface area contributed by atoms with Gasteiger partial charge in [-0.1, -0.05) is 6.07 Å². The third-order valence-corrected chi connectivity index (χ3v) is 7.77. The van der Waals surface area contributed by atoms with E-state index in [9.17, 15) is 27.9 Å². The van der Waals surface area contributed by atoms with Gasteiger partial charge in [-0.05, 0) is 78.7 Å². The highest BCUT2D eigenvalue weighted by Gasteiger charge is 2.39. The number of aromatic nitrogens is 3. The van der Waals surface area contributed by atoms with Crippen molar-refractivity contribution in [3.8, 4) is 0 Å². The van der Waals surface area contributed by atoms with Crippen molar-refractivity contribution in [1.29, 1.82) is 0 Å². The van der Waals surface area contributed by atoms with E-state index >= 15 is 0 Å². The summed E-state index contributed by atoms with van der Waals surface area (Å²) in [6.45, 7) is 11.7. The van der Waals surface area contributed by atoms with Crippen LogP contribution < -0.4 is 5.32 Å². The summed E-state index contributed by atoms with van der Waals surface area (Å²) in [5.41, 5.74) is -1.39. The average molecular weight is 603 g/mol. The van der Waals surface area contributed by atoms with E-state index in [4.69, 9.17) is 9.72 Å². The van der Waals surface area contributed by atoms with Gasteiger partial charge in [0.15, 0.2) is 0 Å².